The van der Waals surface area contributed by atoms with Crippen molar-refractivity contribution in [2.24, 2.45) is 0 Å². The van der Waals surface area contributed by atoms with Gasteiger partial charge in [-0.1, -0.05) is 6.07 Å². The summed E-state index contributed by atoms with van der Waals surface area (Å²) < 4.78 is 5.37. The van der Waals surface area contributed by atoms with Crippen molar-refractivity contribution in [2.75, 3.05) is 17.2 Å². The Balaban J connectivity index is 1.40. The van der Waals surface area contributed by atoms with Crippen LogP contribution >= 0.6 is 11.3 Å². The smallest absolute Gasteiger partial charge is 0.257 e. The lowest BCUT2D eigenvalue weighted by Crippen LogP contribution is -2.27. The van der Waals surface area contributed by atoms with E-state index in [2.05, 4.69) is 15.6 Å². The van der Waals surface area contributed by atoms with Gasteiger partial charge in [-0.2, -0.15) is 0 Å². The molecule has 2 aromatic rings. The van der Waals surface area contributed by atoms with Crippen LogP contribution in [0.4, 0.5) is 10.8 Å². The van der Waals surface area contributed by atoms with Crippen LogP contribution in [0.15, 0.2) is 29.6 Å². The number of amides is 2. The van der Waals surface area contributed by atoms with Crippen molar-refractivity contribution in [1.82, 2.24) is 4.98 Å². The van der Waals surface area contributed by atoms with Crippen LogP contribution in [-0.4, -0.2) is 29.5 Å². The Morgan fingerprint density at radius 1 is 1.20 bits per heavy atom. The number of hydrogen-bond acceptors (Lipinski definition) is 5. The monoisotopic (exact) mass is 357 g/mol. The van der Waals surface area contributed by atoms with Crippen LogP contribution in [0, 0.1) is 0 Å². The number of carbonyl (C=O) groups is 2. The number of carbonyl (C=O) groups excluding carboxylic acids is 2. The predicted molar refractivity (Wildman–Crippen MR) is 96.1 cm³/mol. The highest BCUT2D eigenvalue weighted by Crippen LogP contribution is 2.40. The van der Waals surface area contributed by atoms with Gasteiger partial charge in [-0.05, 0) is 43.9 Å². The predicted octanol–water partition coefficient (Wildman–Crippen LogP) is 3.39. The minimum atomic E-state index is -0.395. The van der Waals surface area contributed by atoms with Crippen molar-refractivity contribution >= 4 is 34.0 Å². The molecule has 1 unspecified atom stereocenters. The number of hydrogen-bond donors (Lipinski definition) is 2. The number of aromatic nitrogens is 1. The Hall–Kier alpha value is -2.25. The number of nitrogens with one attached hydrogen (secondary N) is 2. The summed E-state index contributed by atoms with van der Waals surface area (Å²) in [5, 5.41) is 8.26. The van der Waals surface area contributed by atoms with Crippen molar-refractivity contribution in [1.29, 1.82) is 0 Å². The van der Waals surface area contributed by atoms with Crippen LogP contribution < -0.4 is 10.6 Å². The second-order valence-electron chi connectivity index (χ2n) is 6.38. The van der Waals surface area contributed by atoms with E-state index in [1.165, 1.54) is 24.2 Å². The van der Waals surface area contributed by atoms with Crippen LogP contribution in [0.3, 0.4) is 0 Å². The lowest BCUT2D eigenvalue weighted by atomic mass is 10.1. The van der Waals surface area contributed by atoms with Crippen LogP contribution in [-0.2, 0) is 9.53 Å². The third-order valence-corrected chi connectivity index (χ3v) is 5.13. The van der Waals surface area contributed by atoms with E-state index in [9.17, 15) is 9.59 Å². The van der Waals surface area contributed by atoms with Crippen LogP contribution in [0.2, 0.25) is 0 Å². The van der Waals surface area contributed by atoms with Gasteiger partial charge in [0, 0.05) is 29.2 Å². The van der Waals surface area contributed by atoms with E-state index in [1.54, 1.807) is 24.3 Å². The first-order valence-corrected chi connectivity index (χ1v) is 9.36. The Morgan fingerprint density at radius 2 is 2.08 bits per heavy atom. The zero-order valence-electron chi connectivity index (χ0n) is 13.7. The van der Waals surface area contributed by atoms with Gasteiger partial charge in [-0.3, -0.25) is 14.9 Å². The van der Waals surface area contributed by atoms with Gasteiger partial charge in [0.2, 0.25) is 0 Å². The minimum Gasteiger partial charge on any atom is -0.368 e. The molecule has 0 bridgehead atoms. The molecule has 0 radical (unpaired) electrons. The molecule has 6 nitrogen and oxygen atoms in total. The zero-order valence-corrected chi connectivity index (χ0v) is 14.5. The second kappa shape index (κ2) is 6.93. The highest BCUT2D eigenvalue weighted by molar-refractivity contribution is 7.14. The minimum absolute atomic E-state index is 0.163. The summed E-state index contributed by atoms with van der Waals surface area (Å²) >= 11 is 1.44. The zero-order chi connectivity index (χ0) is 17.2. The van der Waals surface area contributed by atoms with E-state index >= 15 is 0 Å². The lowest BCUT2D eigenvalue weighted by Gasteiger charge is -2.11. The van der Waals surface area contributed by atoms with E-state index < -0.39 is 6.10 Å². The molecule has 4 rings (SSSR count). The van der Waals surface area contributed by atoms with Gasteiger partial charge in [0.05, 0.1) is 5.69 Å². The largest absolute Gasteiger partial charge is 0.368 e. The third kappa shape index (κ3) is 3.88. The topological polar surface area (TPSA) is 80.3 Å². The quantitative estimate of drug-likeness (QED) is 0.859. The molecule has 1 aromatic carbocycles. The van der Waals surface area contributed by atoms with Gasteiger partial charge in [-0.25, -0.2) is 4.98 Å². The van der Waals surface area contributed by atoms with Crippen molar-refractivity contribution in [3.05, 3.63) is 40.9 Å². The summed E-state index contributed by atoms with van der Waals surface area (Å²) in [6.07, 6.45) is 3.61. The normalized spacial score (nSPS) is 19.6. The average molecular weight is 357 g/mol. The van der Waals surface area contributed by atoms with E-state index in [0.717, 1.165) is 18.5 Å². The Morgan fingerprint density at radius 3 is 2.84 bits per heavy atom. The first-order chi connectivity index (χ1) is 12.2. The molecule has 1 atom stereocenters. The number of benzene rings is 1. The Bertz CT molecular complexity index is 794. The SMILES string of the molecule is O=C(Nc1nc(C2CC2)cs1)c1cccc(NC(=O)C2CCCO2)c1. The summed E-state index contributed by atoms with van der Waals surface area (Å²) in [5.74, 6) is 0.173. The molecule has 2 amide bonds. The maximum absolute atomic E-state index is 12.4. The Kier molecular flexibility index (Phi) is 4.50. The maximum atomic E-state index is 12.4. The van der Waals surface area contributed by atoms with Crippen molar-refractivity contribution in [3.8, 4) is 0 Å². The maximum Gasteiger partial charge on any atom is 0.257 e. The van der Waals surface area contributed by atoms with Crippen LogP contribution in [0.1, 0.15) is 47.7 Å². The molecule has 1 aliphatic heterocycles. The molecule has 2 heterocycles. The average Bonchev–Trinajstić information content (AvgIpc) is 3.11. The number of ether oxygens (including phenoxy) is 1. The fraction of sp³-hybridized carbons (Fsp3) is 0.389. The Labute approximate surface area is 149 Å². The summed E-state index contributed by atoms with van der Waals surface area (Å²) in [6, 6.07) is 6.89. The highest BCUT2D eigenvalue weighted by atomic mass is 32.1. The molecule has 0 spiro atoms. The first kappa shape index (κ1) is 16.2. The fourth-order valence-corrected chi connectivity index (χ4v) is 3.61. The van der Waals surface area contributed by atoms with Gasteiger partial charge in [0.25, 0.3) is 11.8 Å². The van der Waals surface area contributed by atoms with Crippen molar-refractivity contribution < 1.29 is 14.3 Å². The van der Waals surface area contributed by atoms with Gasteiger partial charge in [0.15, 0.2) is 5.13 Å². The van der Waals surface area contributed by atoms with E-state index in [0.29, 0.717) is 28.9 Å². The molecule has 2 N–H and O–H groups in total. The summed E-state index contributed by atoms with van der Waals surface area (Å²) in [5.41, 5.74) is 2.14. The van der Waals surface area contributed by atoms with Gasteiger partial charge < -0.3 is 10.1 Å². The number of anilines is 2. The molecule has 1 saturated heterocycles. The number of rotatable bonds is 5. The fourth-order valence-electron chi connectivity index (χ4n) is 2.82. The molecule has 25 heavy (non-hydrogen) atoms. The van der Waals surface area contributed by atoms with Crippen LogP contribution in [0.25, 0.3) is 0 Å². The van der Waals surface area contributed by atoms with E-state index in [4.69, 9.17) is 4.74 Å². The molecule has 7 heteroatoms. The van der Waals surface area contributed by atoms with Gasteiger partial charge >= 0.3 is 0 Å². The molecule has 2 aliphatic rings. The highest BCUT2D eigenvalue weighted by Gasteiger charge is 2.26. The summed E-state index contributed by atoms with van der Waals surface area (Å²) in [7, 11) is 0. The van der Waals surface area contributed by atoms with Crippen molar-refractivity contribution in [2.45, 2.75) is 37.7 Å². The molecule has 1 saturated carbocycles. The molecule has 2 fully saturated rings. The number of thiazole rings is 1. The molecule has 1 aliphatic carbocycles. The van der Waals surface area contributed by atoms with Gasteiger partial charge in [-0.15, -0.1) is 11.3 Å². The molecular formula is C18H19N3O3S. The van der Waals surface area contributed by atoms with E-state index in [1.807, 2.05) is 5.38 Å². The van der Waals surface area contributed by atoms with Crippen molar-refractivity contribution in [3.63, 3.8) is 0 Å². The van der Waals surface area contributed by atoms with E-state index in [-0.39, 0.29) is 11.8 Å². The first-order valence-electron chi connectivity index (χ1n) is 8.48. The molecule has 130 valence electrons. The standard InChI is InChI=1S/C18H19N3O3S/c22-16(21-18-20-14(10-25-18)11-6-7-11)12-3-1-4-13(9-12)19-17(23)15-5-2-8-24-15/h1,3-4,9-11,15H,2,5-8H2,(H,19,23)(H,20,21,22). The number of nitrogens with zero attached hydrogens (tertiary/aromatic N) is 1. The summed E-state index contributed by atoms with van der Waals surface area (Å²) in [6.45, 7) is 0.622. The summed E-state index contributed by atoms with van der Waals surface area (Å²) in [4.78, 5) is 29.0. The van der Waals surface area contributed by atoms with Crippen LogP contribution in [0.5, 0.6) is 0 Å². The third-order valence-electron chi connectivity index (χ3n) is 4.35. The molecule has 1 aromatic heterocycles. The lowest BCUT2D eigenvalue weighted by molar-refractivity contribution is -0.124. The second-order valence-corrected chi connectivity index (χ2v) is 7.24. The van der Waals surface area contributed by atoms with Gasteiger partial charge in [0.1, 0.15) is 6.10 Å². The molecular weight excluding hydrogens is 338 g/mol.